The van der Waals surface area contributed by atoms with E-state index >= 15 is 0 Å². The number of thiazole rings is 1. The van der Waals surface area contributed by atoms with Gasteiger partial charge >= 0.3 is 0 Å². The van der Waals surface area contributed by atoms with Gasteiger partial charge in [-0.05, 0) is 37.1 Å². The zero-order valence-corrected chi connectivity index (χ0v) is 16.5. The standard InChI is InChI=1S/C19H23N5O3S/c1-13(25)22-14-5-7-15(8-6-14)23-18(27)16-12-21-19(28-16)20-9-3-11-24-10-2-4-17(24)26/h5-8,12H,2-4,9-11H2,1H3,(H,20,21)(H,22,25)(H,23,27). The molecule has 2 aromatic rings. The Labute approximate surface area is 167 Å². The SMILES string of the molecule is CC(=O)Nc1ccc(NC(=O)c2cnc(NCCCN3CCCC3=O)s2)cc1. The fourth-order valence-corrected chi connectivity index (χ4v) is 3.64. The van der Waals surface area contributed by atoms with Crippen LogP contribution in [0.1, 0.15) is 35.9 Å². The lowest BCUT2D eigenvalue weighted by atomic mass is 10.2. The fourth-order valence-electron chi connectivity index (χ4n) is 2.90. The number of hydrogen-bond acceptors (Lipinski definition) is 6. The third kappa shape index (κ3) is 5.53. The minimum absolute atomic E-state index is 0.145. The molecule has 3 rings (SSSR count). The molecule has 0 atom stereocenters. The molecule has 0 spiro atoms. The third-order valence-corrected chi connectivity index (χ3v) is 5.20. The minimum atomic E-state index is -0.236. The van der Waals surface area contributed by atoms with E-state index in [-0.39, 0.29) is 17.7 Å². The largest absolute Gasteiger partial charge is 0.361 e. The number of carbonyl (C=O) groups excluding carboxylic acids is 3. The van der Waals surface area contributed by atoms with Crippen LogP contribution in [0.2, 0.25) is 0 Å². The maximum Gasteiger partial charge on any atom is 0.267 e. The Hall–Kier alpha value is -2.94. The Morgan fingerprint density at radius 1 is 1.18 bits per heavy atom. The molecule has 1 fully saturated rings. The van der Waals surface area contributed by atoms with E-state index in [0.29, 0.717) is 34.3 Å². The molecule has 3 N–H and O–H groups in total. The van der Waals surface area contributed by atoms with Crippen molar-refractivity contribution in [1.29, 1.82) is 0 Å². The van der Waals surface area contributed by atoms with Crippen molar-refractivity contribution in [2.24, 2.45) is 0 Å². The summed E-state index contributed by atoms with van der Waals surface area (Å²) in [7, 11) is 0. The van der Waals surface area contributed by atoms with Gasteiger partial charge < -0.3 is 20.9 Å². The molecule has 0 bridgehead atoms. The molecular weight excluding hydrogens is 378 g/mol. The number of nitrogens with one attached hydrogen (secondary N) is 3. The van der Waals surface area contributed by atoms with E-state index in [2.05, 4.69) is 20.9 Å². The zero-order chi connectivity index (χ0) is 19.9. The van der Waals surface area contributed by atoms with E-state index in [1.165, 1.54) is 24.5 Å². The van der Waals surface area contributed by atoms with Crippen LogP contribution in [0.3, 0.4) is 0 Å². The number of rotatable bonds is 8. The van der Waals surface area contributed by atoms with Gasteiger partial charge in [0.1, 0.15) is 4.88 Å². The minimum Gasteiger partial charge on any atom is -0.361 e. The van der Waals surface area contributed by atoms with E-state index in [1.807, 2.05) is 4.90 Å². The van der Waals surface area contributed by atoms with Gasteiger partial charge in [0.25, 0.3) is 5.91 Å². The molecule has 1 saturated heterocycles. The zero-order valence-electron chi connectivity index (χ0n) is 15.7. The Balaban J connectivity index is 1.44. The number of anilines is 3. The molecule has 3 amide bonds. The molecule has 0 radical (unpaired) electrons. The van der Waals surface area contributed by atoms with E-state index in [9.17, 15) is 14.4 Å². The molecular formula is C19H23N5O3S. The average Bonchev–Trinajstić information content (AvgIpc) is 3.29. The van der Waals surface area contributed by atoms with Crippen LogP contribution in [0, 0.1) is 0 Å². The summed E-state index contributed by atoms with van der Waals surface area (Å²) in [6.07, 6.45) is 3.99. The highest BCUT2D eigenvalue weighted by atomic mass is 32.1. The normalized spacial score (nSPS) is 13.5. The smallest absolute Gasteiger partial charge is 0.267 e. The van der Waals surface area contributed by atoms with Crippen molar-refractivity contribution in [3.05, 3.63) is 35.3 Å². The first kappa shape index (κ1) is 19.8. The van der Waals surface area contributed by atoms with Crippen LogP contribution in [0.25, 0.3) is 0 Å². The van der Waals surface area contributed by atoms with Crippen molar-refractivity contribution in [2.45, 2.75) is 26.2 Å². The van der Waals surface area contributed by atoms with Crippen molar-refractivity contribution in [3.63, 3.8) is 0 Å². The predicted molar refractivity (Wildman–Crippen MR) is 110 cm³/mol. The van der Waals surface area contributed by atoms with E-state index in [0.717, 1.165) is 25.9 Å². The number of nitrogens with zero attached hydrogens (tertiary/aromatic N) is 2. The lowest BCUT2D eigenvalue weighted by Gasteiger charge is -2.14. The van der Waals surface area contributed by atoms with Crippen molar-refractivity contribution >= 4 is 45.6 Å². The second kappa shape index (κ2) is 9.32. The number of hydrogen-bond donors (Lipinski definition) is 3. The average molecular weight is 401 g/mol. The lowest BCUT2D eigenvalue weighted by molar-refractivity contribution is -0.127. The first-order valence-electron chi connectivity index (χ1n) is 9.18. The Kier molecular flexibility index (Phi) is 6.59. The fraction of sp³-hybridized carbons (Fsp3) is 0.368. The van der Waals surface area contributed by atoms with E-state index < -0.39 is 0 Å². The molecule has 9 heteroatoms. The second-order valence-corrected chi connectivity index (χ2v) is 7.54. The summed E-state index contributed by atoms with van der Waals surface area (Å²) in [6, 6.07) is 6.90. The third-order valence-electron chi connectivity index (χ3n) is 4.25. The molecule has 2 heterocycles. The summed E-state index contributed by atoms with van der Waals surface area (Å²) in [5.74, 6) is -0.146. The molecule has 0 aliphatic carbocycles. The summed E-state index contributed by atoms with van der Waals surface area (Å²) in [6.45, 7) is 3.74. The van der Waals surface area contributed by atoms with Crippen molar-refractivity contribution in [3.8, 4) is 0 Å². The van der Waals surface area contributed by atoms with Gasteiger partial charge in [-0.3, -0.25) is 14.4 Å². The quantitative estimate of drug-likeness (QED) is 0.590. The summed E-state index contributed by atoms with van der Waals surface area (Å²) in [5.41, 5.74) is 1.31. The maximum atomic E-state index is 12.3. The van der Waals surface area contributed by atoms with Crippen molar-refractivity contribution < 1.29 is 14.4 Å². The van der Waals surface area contributed by atoms with Crippen LogP contribution in [0.15, 0.2) is 30.5 Å². The molecule has 8 nitrogen and oxygen atoms in total. The highest BCUT2D eigenvalue weighted by molar-refractivity contribution is 7.17. The van der Waals surface area contributed by atoms with Gasteiger partial charge in [-0.25, -0.2) is 4.98 Å². The van der Waals surface area contributed by atoms with Crippen LogP contribution in [0.4, 0.5) is 16.5 Å². The Morgan fingerprint density at radius 3 is 2.54 bits per heavy atom. The summed E-state index contributed by atoms with van der Waals surface area (Å²) in [5, 5.41) is 9.36. The van der Waals surface area contributed by atoms with E-state index in [4.69, 9.17) is 0 Å². The van der Waals surface area contributed by atoms with Crippen LogP contribution >= 0.6 is 11.3 Å². The van der Waals surface area contributed by atoms with Gasteiger partial charge in [0.2, 0.25) is 11.8 Å². The first-order valence-corrected chi connectivity index (χ1v) is 9.99. The molecule has 0 saturated carbocycles. The van der Waals surface area contributed by atoms with Crippen molar-refractivity contribution in [1.82, 2.24) is 9.88 Å². The number of amides is 3. The maximum absolute atomic E-state index is 12.3. The molecule has 1 aliphatic rings. The number of benzene rings is 1. The molecule has 1 aliphatic heterocycles. The highest BCUT2D eigenvalue weighted by Crippen LogP contribution is 2.20. The predicted octanol–water partition coefficient (Wildman–Crippen LogP) is 2.78. The number of likely N-dealkylation sites (tertiary alicyclic amines) is 1. The monoisotopic (exact) mass is 401 g/mol. The highest BCUT2D eigenvalue weighted by Gasteiger charge is 2.19. The summed E-state index contributed by atoms with van der Waals surface area (Å²) >= 11 is 1.28. The van der Waals surface area contributed by atoms with Gasteiger partial charge in [0.15, 0.2) is 5.13 Å². The van der Waals surface area contributed by atoms with Crippen molar-refractivity contribution in [2.75, 3.05) is 35.6 Å². The molecule has 28 heavy (non-hydrogen) atoms. The molecule has 1 aromatic carbocycles. The topological polar surface area (TPSA) is 103 Å². The van der Waals surface area contributed by atoms with Crippen LogP contribution in [-0.2, 0) is 9.59 Å². The lowest BCUT2D eigenvalue weighted by Crippen LogP contribution is -2.26. The van der Waals surface area contributed by atoms with Gasteiger partial charge in [-0.1, -0.05) is 11.3 Å². The number of aromatic nitrogens is 1. The van der Waals surface area contributed by atoms with Crippen LogP contribution in [-0.4, -0.2) is 47.2 Å². The first-order chi connectivity index (χ1) is 13.5. The summed E-state index contributed by atoms with van der Waals surface area (Å²) in [4.78, 5) is 41.6. The van der Waals surface area contributed by atoms with Gasteiger partial charge in [0, 0.05) is 44.4 Å². The molecule has 0 unspecified atom stereocenters. The van der Waals surface area contributed by atoms with Gasteiger partial charge in [-0.2, -0.15) is 0 Å². The second-order valence-electron chi connectivity index (χ2n) is 6.51. The van der Waals surface area contributed by atoms with Gasteiger partial charge in [0.05, 0.1) is 6.20 Å². The van der Waals surface area contributed by atoms with Crippen LogP contribution < -0.4 is 16.0 Å². The Bertz CT molecular complexity index is 850. The van der Waals surface area contributed by atoms with Crippen LogP contribution in [0.5, 0.6) is 0 Å². The molecule has 148 valence electrons. The van der Waals surface area contributed by atoms with Gasteiger partial charge in [-0.15, -0.1) is 0 Å². The Morgan fingerprint density at radius 2 is 1.89 bits per heavy atom. The summed E-state index contributed by atoms with van der Waals surface area (Å²) < 4.78 is 0. The molecule has 1 aromatic heterocycles. The number of carbonyl (C=O) groups is 3. The van der Waals surface area contributed by atoms with E-state index in [1.54, 1.807) is 24.3 Å².